The van der Waals surface area contributed by atoms with Crippen molar-refractivity contribution in [3.8, 4) is 89.5 Å². The fourth-order valence-electron chi connectivity index (χ4n) is 10.9. The Labute approximate surface area is 392 Å². The van der Waals surface area contributed by atoms with Crippen LogP contribution < -0.4 is 0 Å². The summed E-state index contributed by atoms with van der Waals surface area (Å²) in [4.78, 5) is 20.3. The molecule has 1 aliphatic carbocycles. The fraction of sp³-hybridized carbons (Fsp3) is 0. The SMILES string of the molecule is c1ccc(-c2c3nc(c(-c4ccccc4)c4[nH]c(c(-c5ccccc5)c5nc(c(-c6ccccc6)c6[nH]c2c2ccccc62)-c2cc6ccccc6cc2-5)c2ccccc42)-c2ccccc2-3)cc1. The van der Waals surface area contributed by atoms with Crippen LogP contribution in [0.4, 0.5) is 0 Å². The monoisotopic (exact) mass is 864 g/mol. The number of H-pyrrole nitrogens is 2. The van der Waals surface area contributed by atoms with Gasteiger partial charge in [-0.1, -0.05) is 218 Å². The van der Waals surface area contributed by atoms with Crippen LogP contribution in [0.3, 0.4) is 0 Å². The summed E-state index contributed by atoms with van der Waals surface area (Å²) in [5.74, 6) is 0. The molecule has 0 unspecified atom stereocenters. The van der Waals surface area contributed by atoms with Crippen molar-refractivity contribution in [2.24, 2.45) is 0 Å². The molecule has 9 aromatic carbocycles. The smallest absolute Gasteiger partial charge is 0.0816 e. The van der Waals surface area contributed by atoms with Gasteiger partial charge < -0.3 is 9.97 Å². The van der Waals surface area contributed by atoms with Crippen LogP contribution >= 0.6 is 0 Å². The first-order valence-corrected chi connectivity index (χ1v) is 23.3. The number of rotatable bonds is 4. The minimum Gasteiger partial charge on any atom is -0.353 e. The molecular weight excluding hydrogens is 825 g/mol. The maximum Gasteiger partial charge on any atom is 0.0816 e. The van der Waals surface area contributed by atoms with Crippen LogP contribution in [0.15, 0.2) is 231 Å². The average Bonchev–Trinajstić information content (AvgIpc) is 4.17. The summed E-state index contributed by atoms with van der Waals surface area (Å²) in [6, 6.07) is 82.9. The molecule has 3 aliphatic rings. The summed E-state index contributed by atoms with van der Waals surface area (Å²) in [6.45, 7) is 0. The molecule has 4 heterocycles. The molecule has 14 rings (SSSR count). The first kappa shape index (κ1) is 38.2. The maximum absolute atomic E-state index is 6.01. The number of hydrogen-bond donors (Lipinski definition) is 2. The van der Waals surface area contributed by atoms with Crippen molar-refractivity contribution in [1.29, 1.82) is 0 Å². The molecule has 4 heteroatoms. The Bertz CT molecular complexity index is 3900. The highest BCUT2D eigenvalue weighted by Crippen LogP contribution is 2.52. The molecule has 4 nitrogen and oxygen atoms in total. The lowest BCUT2D eigenvalue weighted by Crippen LogP contribution is -1.87. The Morgan fingerprint density at radius 1 is 0.235 bits per heavy atom. The van der Waals surface area contributed by atoms with Crippen LogP contribution in [0.2, 0.25) is 0 Å². The van der Waals surface area contributed by atoms with E-state index in [1.54, 1.807) is 0 Å². The highest BCUT2D eigenvalue weighted by Gasteiger charge is 2.30. The molecule has 8 bridgehead atoms. The molecule has 0 fully saturated rings. The van der Waals surface area contributed by atoms with Crippen molar-refractivity contribution < 1.29 is 0 Å². The van der Waals surface area contributed by atoms with E-state index in [9.17, 15) is 0 Å². The lowest BCUT2D eigenvalue weighted by Gasteiger charge is -2.10. The molecule has 11 aromatic rings. The second kappa shape index (κ2) is 15.2. The van der Waals surface area contributed by atoms with Crippen LogP contribution in [0.25, 0.3) is 144 Å². The normalized spacial score (nSPS) is 11.8. The largest absolute Gasteiger partial charge is 0.353 e. The summed E-state index contributed by atoms with van der Waals surface area (Å²) < 4.78 is 0. The molecule has 0 radical (unpaired) electrons. The van der Waals surface area contributed by atoms with Gasteiger partial charge in [-0.2, -0.15) is 0 Å². The zero-order valence-corrected chi connectivity index (χ0v) is 36.8. The van der Waals surface area contributed by atoms with Gasteiger partial charge in [0.15, 0.2) is 0 Å². The Morgan fingerprint density at radius 2 is 0.485 bits per heavy atom. The number of hydrogen-bond acceptors (Lipinski definition) is 2. The average molecular weight is 865 g/mol. The van der Waals surface area contributed by atoms with E-state index in [1.807, 2.05) is 0 Å². The van der Waals surface area contributed by atoms with Gasteiger partial charge in [0.25, 0.3) is 0 Å². The minimum atomic E-state index is 0.916. The van der Waals surface area contributed by atoms with E-state index >= 15 is 0 Å². The van der Waals surface area contributed by atoms with Crippen molar-refractivity contribution in [3.63, 3.8) is 0 Å². The van der Waals surface area contributed by atoms with Crippen LogP contribution in [-0.4, -0.2) is 19.9 Å². The third-order valence-corrected chi connectivity index (χ3v) is 13.9. The topological polar surface area (TPSA) is 57.4 Å². The summed E-state index contributed by atoms with van der Waals surface area (Å²) in [7, 11) is 0. The van der Waals surface area contributed by atoms with E-state index in [2.05, 4.69) is 240 Å². The molecule has 0 spiro atoms. The molecule has 0 saturated heterocycles. The van der Waals surface area contributed by atoms with Crippen LogP contribution in [-0.2, 0) is 0 Å². The first-order chi connectivity index (χ1) is 33.8. The van der Waals surface area contributed by atoms with Crippen molar-refractivity contribution in [1.82, 2.24) is 19.9 Å². The summed E-state index contributed by atoms with van der Waals surface area (Å²) in [6.07, 6.45) is 0. The number of nitrogens with one attached hydrogen (secondary N) is 2. The van der Waals surface area contributed by atoms with Crippen LogP contribution in [0.5, 0.6) is 0 Å². The quantitative estimate of drug-likeness (QED) is 0.185. The summed E-state index contributed by atoms with van der Waals surface area (Å²) in [5, 5.41) is 6.76. The van der Waals surface area contributed by atoms with Crippen molar-refractivity contribution in [3.05, 3.63) is 231 Å². The second-order valence-corrected chi connectivity index (χ2v) is 17.7. The van der Waals surface area contributed by atoms with E-state index in [0.717, 1.165) is 144 Å². The Kier molecular flexibility index (Phi) is 8.55. The molecule has 316 valence electrons. The van der Waals surface area contributed by atoms with Gasteiger partial charge in [-0.3, -0.25) is 0 Å². The maximum atomic E-state index is 6.01. The van der Waals surface area contributed by atoms with Crippen molar-refractivity contribution in [2.75, 3.05) is 0 Å². The van der Waals surface area contributed by atoms with Gasteiger partial charge in [-0.05, 0) is 45.2 Å². The highest BCUT2D eigenvalue weighted by atomic mass is 14.8. The molecule has 2 aromatic heterocycles. The molecular formula is C64H40N4. The van der Waals surface area contributed by atoms with E-state index in [4.69, 9.17) is 9.97 Å². The Balaban J connectivity index is 1.34. The van der Waals surface area contributed by atoms with Crippen LogP contribution in [0.1, 0.15) is 0 Å². The van der Waals surface area contributed by atoms with Gasteiger partial charge in [-0.15, -0.1) is 0 Å². The van der Waals surface area contributed by atoms with Gasteiger partial charge in [-0.25, -0.2) is 9.97 Å². The van der Waals surface area contributed by atoms with Crippen LogP contribution in [0, 0.1) is 0 Å². The van der Waals surface area contributed by atoms with Crippen molar-refractivity contribution in [2.45, 2.75) is 0 Å². The molecule has 0 atom stereocenters. The van der Waals surface area contributed by atoms with E-state index < -0.39 is 0 Å². The summed E-state index contributed by atoms with van der Waals surface area (Å²) in [5.41, 5.74) is 20.4. The van der Waals surface area contributed by atoms with Gasteiger partial charge in [0.2, 0.25) is 0 Å². The first-order valence-electron chi connectivity index (χ1n) is 23.3. The van der Waals surface area contributed by atoms with E-state index in [0.29, 0.717) is 0 Å². The van der Waals surface area contributed by atoms with Gasteiger partial charge >= 0.3 is 0 Å². The molecule has 68 heavy (non-hydrogen) atoms. The lowest BCUT2D eigenvalue weighted by atomic mass is 9.92. The van der Waals surface area contributed by atoms with Gasteiger partial charge in [0, 0.05) is 66.1 Å². The fourth-order valence-corrected chi connectivity index (χ4v) is 10.9. The zero-order chi connectivity index (χ0) is 44.7. The molecule has 2 aliphatic heterocycles. The number of nitrogens with zero attached hydrogens (tertiary/aromatic N) is 2. The predicted molar refractivity (Wildman–Crippen MR) is 284 cm³/mol. The number of aromatic nitrogens is 4. The molecule has 2 N–H and O–H groups in total. The van der Waals surface area contributed by atoms with Gasteiger partial charge in [0.05, 0.1) is 44.8 Å². The number of aromatic amines is 2. The lowest BCUT2D eigenvalue weighted by molar-refractivity contribution is 1.39. The Morgan fingerprint density at radius 3 is 0.794 bits per heavy atom. The second-order valence-electron chi connectivity index (χ2n) is 17.7. The van der Waals surface area contributed by atoms with Gasteiger partial charge in [0.1, 0.15) is 0 Å². The minimum absolute atomic E-state index is 0.916. The molecule has 0 saturated carbocycles. The summed E-state index contributed by atoms with van der Waals surface area (Å²) >= 11 is 0. The number of fused-ring (bicyclic) bond motifs is 1. The number of benzene rings is 9. The highest BCUT2D eigenvalue weighted by molar-refractivity contribution is 6.22. The standard InChI is InChI=1S/C64H40N4/c1-5-21-39(22-6-1)53-57-45-31-15-16-32-46(45)58(65-57)54(40-23-7-2-8-24-40)60-48-34-18-20-36-50(48)62(67-60)56(42-27-11-4-12-28-42)64-52-38-44-30-14-13-29-43(44)37-51(52)63(68-64)55(41-25-9-3-10-26-41)61-49-35-19-17-33-47(49)59(53)66-61/h1-38,66-67H. The molecule has 0 amide bonds. The zero-order valence-electron chi connectivity index (χ0n) is 36.8. The third-order valence-electron chi connectivity index (χ3n) is 13.9. The third kappa shape index (κ3) is 5.81. The Hall–Kier alpha value is -9.12. The van der Waals surface area contributed by atoms with Crippen molar-refractivity contribution >= 4 is 54.4 Å². The van der Waals surface area contributed by atoms with E-state index in [1.165, 1.54) is 0 Å². The van der Waals surface area contributed by atoms with E-state index in [-0.39, 0.29) is 0 Å². The predicted octanol–water partition coefficient (Wildman–Crippen LogP) is 17.1.